The molecule has 3 aromatic carbocycles. The molecule has 1 aliphatic rings. The van der Waals surface area contributed by atoms with Crippen LogP contribution in [0.1, 0.15) is 16.7 Å². The molecule has 0 radical (unpaired) electrons. The highest BCUT2D eigenvalue weighted by Gasteiger charge is 2.39. The molecular weight excluding hydrogens is 454 g/mol. The lowest BCUT2D eigenvalue weighted by molar-refractivity contribution is -0.419. The summed E-state index contributed by atoms with van der Waals surface area (Å²) in [7, 11) is 1.43. The topological polar surface area (TPSA) is 63.0 Å². The molecule has 0 saturated carbocycles. The molecular formula is C30H33NO5. The fourth-order valence-corrected chi connectivity index (χ4v) is 4.05. The second-order valence-corrected chi connectivity index (χ2v) is 8.70. The van der Waals surface area contributed by atoms with Crippen LogP contribution in [0.3, 0.4) is 0 Å². The van der Waals surface area contributed by atoms with E-state index in [1.807, 2.05) is 103 Å². The largest absolute Gasteiger partial charge is 0.624 e. The Morgan fingerprint density at radius 1 is 0.611 bits per heavy atom. The number of hydrogen-bond donors (Lipinski definition) is 0. The minimum atomic E-state index is -0.440. The first kappa shape index (κ1) is 25.8. The maximum absolute atomic E-state index is 11.4. The Labute approximate surface area is 213 Å². The Morgan fingerprint density at radius 3 is 1.42 bits per heavy atom. The SMILES string of the molecule is C/[N+]([O-])=C/CO[C@H]1C=C[C@H](OCc2ccccc2)[C@@H](OCc2ccccc2)[C@@H]1OCc1ccccc1. The fourth-order valence-electron chi connectivity index (χ4n) is 4.05. The number of ether oxygens (including phenoxy) is 4. The molecule has 0 fully saturated rings. The van der Waals surface area contributed by atoms with Crippen LogP contribution < -0.4 is 0 Å². The highest BCUT2D eigenvalue weighted by atomic mass is 16.6. The average molecular weight is 488 g/mol. The van der Waals surface area contributed by atoms with Gasteiger partial charge in [0.15, 0.2) is 6.21 Å². The van der Waals surface area contributed by atoms with Gasteiger partial charge < -0.3 is 24.2 Å². The van der Waals surface area contributed by atoms with E-state index in [2.05, 4.69) is 0 Å². The lowest BCUT2D eigenvalue weighted by atomic mass is 9.95. The molecule has 3 aromatic rings. The number of benzene rings is 3. The molecule has 0 aliphatic heterocycles. The van der Waals surface area contributed by atoms with E-state index in [4.69, 9.17) is 18.9 Å². The first-order chi connectivity index (χ1) is 17.7. The zero-order valence-corrected chi connectivity index (χ0v) is 20.5. The molecule has 0 unspecified atom stereocenters. The summed E-state index contributed by atoms with van der Waals surface area (Å²) in [6.07, 6.45) is 3.78. The van der Waals surface area contributed by atoms with Gasteiger partial charge in [0, 0.05) is 0 Å². The number of rotatable bonds is 12. The second kappa shape index (κ2) is 13.7. The summed E-state index contributed by atoms with van der Waals surface area (Å²) in [6.45, 7) is 1.44. The summed E-state index contributed by atoms with van der Waals surface area (Å²) in [4.78, 5) is 0. The molecule has 0 amide bonds. The van der Waals surface area contributed by atoms with E-state index >= 15 is 0 Å². The molecule has 4 atom stereocenters. The van der Waals surface area contributed by atoms with Crippen LogP contribution in [0.5, 0.6) is 0 Å². The van der Waals surface area contributed by atoms with Gasteiger partial charge in [-0.1, -0.05) is 103 Å². The third-order valence-electron chi connectivity index (χ3n) is 5.94. The van der Waals surface area contributed by atoms with Crippen LogP contribution >= 0.6 is 0 Å². The van der Waals surface area contributed by atoms with Gasteiger partial charge in [0.1, 0.15) is 38.1 Å². The average Bonchev–Trinajstić information content (AvgIpc) is 2.92. The van der Waals surface area contributed by atoms with Gasteiger partial charge in [0.05, 0.1) is 19.8 Å². The Bertz CT molecular complexity index is 1080. The third kappa shape index (κ3) is 7.86. The van der Waals surface area contributed by atoms with Crippen molar-refractivity contribution in [2.24, 2.45) is 0 Å². The Kier molecular flexibility index (Phi) is 9.82. The molecule has 36 heavy (non-hydrogen) atoms. The van der Waals surface area contributed by atoms with E-state index in [9.17, 15) is 5.21 Å². The van der Waals surface area contributed by atoms with Crippen LogP contribution in [0, 0.1) is 5.21 Å². The molecule has 6 heteroatoms. The summed E-state index contributed by atoms with van der Waals surface area (Å²) in [5.41, 5.74) is 3.20. The lowest BCUT2D eigenvalue weighted by Gasteiger charge is -2.38. The third-order valence-corrected chi connectivity index (χ3v) is 5.94. The molecule has 0 bridgehead atoms. The van der Waals surface area contributed by atoms with Crippen molar-refractivity contribution in [1.29, 1.82) is 0 Å². The Morgan fingerprint density at radius 2 is 1.00 bits per heavy atom. The highest BCUT2D eigenvalue weighted by Crippen LogP contribution is 2.27. The van der Waals surface area contributed by atoms with Crippen LogP contribution in [0.2, 0.25) is 0 Å². The summed E-state index contributed by atoms with van der Waals surface area (Å²) in [5, 5.41) is 11.4. The van der Waals surface area contributed by atoms with Crippen molar-refractivity contribution < 1.29 is 23.7 Å². The van der Waals surface area contributed by atoms with Gasteiger partial charge in [-0.2, -0.15) is 0 Å². The van der Waals surface area contributed by atoms with Crippen LogP contribution in [-0.2, 0) is 38.8 Å². The lowest BCUT2D eigenvalue weighted by Crippen LogP contribution is -2.51. The van der Waals surface area contributed by atoms with Gasteiger partial charge in [-0.25, -0.2) is 4.74 Å². The first-order valence-corrected chi connectivity index (χ1v) is 12.2. The van der Waals surface area contributed by atoms with Crippen LogP contribution in [0.15, 0.2) is 103 Å². The minimum absolute atomic E-state index is 0.168. The van der Waals surface area contributed by atoms with E-state index in [-0.39, 0.29) is 12.7 Å². The highest BCUT2D eigenvalue weighted by molar-refractivity contribution is 5.52. The van der Waals surface area contributed by atoms with E-state index in [1.165, 1.54) is 13.3 Å². The summed E-state index contributed by atoms with van der Waals surface area (Å²) >= 11 is 0. The van der Waals surface area contributed by atoms with E-state index in [0.29, 0.717) is 19.8 Å². The Hall–Kier alpha value is -3.29. The van der Waals surface area contributed by atoms with E-state index in [1.54, 1.807) is 0 Å². The van der Waals surface area contributed by atoms with E-state index in [0.717, 1.165) is 21.4 Å². The molecule has 0 N–H and O–H groups in total. The standard InChI is InChI=1S/C30H33NO5/c1-31(32)19-20-33-27-17-18-28(34-21-24-11-5-2-6-12-24)30(36-23-26-15-9-4-10-16-26)29(27)35-22-25-13-7-3-8-14-25/h2-19,27-30H,20-23H2,1H3/b31-19-/t27-,28-,29+,30+/m0/s1. The molecule has 188 valence electrons. The van der Waals surface area contributed by atoms with E-state index < -0.39 is 18.3 Å². The summed E-state index contributed by atoms with van der Waals surface area (Å²) in [6, 6.07) is 30.1. The monoisotopic (exact) mass is 487 g/mol. The van der Waals surface area contributed by atoms with Crippen molar-refractivity contribution in [2.75, 3.05) is 13.7 Å². The zero-order chi connectivity index (χ0) is 25.0. The van der Waals surface area contributed by atoms with Gasteiger partial charge in [-0.15, -0.1) is 0 Å². The van der Waals surface area contributed by atoms with Crippen molar-refractivity contribution in [3.05, 3.63) is 125 Å². The van der Waals surface area contributed by atoms with Crippen LogP contribution in [-0.4, -0.2) is 49.0 Å². The van der Waals surface area contributed by atoms with Gasteiger partial charge in [-0.3, -0.25) is 0 Å². The van der Waals surface area contributed by atoms with Crippen molar-refractivity contribution >= 4 is 6.21 Å². The molecule has 4 rings (SSSR count). The number of hydroxylamine groups is 1. The quantitative estimate of drug-likeness (QED) is 0.119. The molecule has 0 saturated heterocycles. The second-order valence-electron chi connectivity index (χ2n) is 8.70. The smallest absolute Gasteiger partial charge is 0.176 e. The van der Waals surface area contributed by atoms with Gasteiger partial charge in [0.25, 0.3) is 0 Å². The molecule has 0 heterocycles. The zero-order valence-electron chi connectivity index (χ0n) is 20.5. The molecule has 6 nitrogen and oxygen atoms in total. The number of hydrogen-bond acceptors (Lipinski definition) is 5. The Balaban J connectivity index is 1.55. The van der Waals surface area contributed by atoms with Crippen LogP contribution in [0.4, 0.5) is 0 Å². The predicted molar refractivity (Wildman–Crippen MR) is 140 cm³/mol. The normalized spacial score (nSPS) is 22.0. The number of nitrogens with zero attached hydrogens (tertiary/aromatic N) is 1. The van der Waals surface area contributed by atoms with Crippen molar-refractivity contribution in [3.8, 4) is 0 Å². The predicted octanol–water partition coefficient (Wildman–Crippen LogP) is 4.91. The maximum atomic E-state index is 11.4. The molecule has 0 spiro atoms. The van der Waals surface area contributed by atoms with Crippen molar-refractivity contribution in [2.45, 2.75) is 44.2 Å². The van der Waals surface area contributed by atoms with Crippen molar-refractivity contribution in [1.82, 2.24) is 0 Å². The molecule has 0 aromatic heterocycles. The van der Waals surface area contributed by atoms with Gasteiger partial charge >= 0.3 is 0 Å². The minimum Gasteiger partial charge on any atom is -0.624 e. The van der Waals surface area contributed by atoms with Gasteiger partial charge in [-0.05, 0) is 16.7 Å². The van der Waals surface area contributed by atoms with Gasteiger partial charge in [0.2, 0.25) is 0 Å². The summed E-state index contributed by atoms with van der Waals surface area (Å²) in [5.74, 6) is 0. The summed E-state index contributed by atoms with van der Waals surface area (Å²) < 4.78 is 26.0. The molecule has 1 aliphatic carbocycles. The van der Waals surface area contributed by atoms with Crippen LogP contribution in [0.25, 0.3) is 0 Å². The van der Waals surface area contributed by atoms with Crippen molar-refractivity contribution in [3.63, 3.8) is 0 Å². The first-order valence-electron chi connectivity index (χ1n) is 12.2. The maximum Gasteiger partial charge on any atom is 0.176 e. The fraction of sp³-hybridized carbons (Fsp3) is 0.300.